The lowest BCUT2D eigenvalue weighted by Crippen LogP contribution is -2.13. The van der Waals surface area contributed by atoms with Gasteiger partial charge in [0, 0.05) is 23.1 Å². The van der Waals surface area contributed by atoms with E-state index in [0.29, 0.717) is 6.04 Å². The minimum Gasteiger partial charge on any atom is -0.345 e. The van der Waals surface area contributed by atoms with Crippen LogP contribution in [0.5, 0.6) is 0 Å². The number of nitrogens with one attached hydrogen (secondary N) is 1. The van der Waals surface area contributed by atoms with Gasteiger partial charge in [0.25, 0.3) is 5.91 Å². The third-order valence-electron chi connectivity index (χ3n) is 3.67. The molecule has 1 aromatic heterocycles. The maximum Gasteiger partial charge on any atom is 0.257 e. The molecule has 1 aliphatic carbocycles. The Hall–Kier alpha value is -2.03. The first kappa shape index (κ1) is 12.0. The average Bonchev–Trinajstić information content (AvgIpc) is 3.17. The van der Waals surface area contributed by atoms with E-state index < -0.39 is 0 Å². The number of para-hydroxylation sites is 1. The van der Waals surface area contributed by atoms with E-state index in [1.807, 2.05) is 43.3 Å². The number of hydrogen-bond acceptors (Lipinski definition) is 1. The van der Waals surface area contributed by atoms with Gasteiger partial charge in [0.2, 0.25) is 0 Å². The van der Waals surface area contributed by atoms with Crippen LogP contribution in [0.25, 0.3) is 0 Å². The summed E-state index contributed by atoms with van der Waals surface area (Å²) in [6.45, 7) is 4.11. The highest BCUT2D eigenvalue weighted by Gasteiger charge is 2.28. The monoisotopic (exact) mass is 254 g/mol. The van der Waals surface area contributed by atoms with Crippen LogP contribution in [0.3, 0.4) is 0 Å². The largest absolute Gasteiger partial charge is 0.345 e. The van der Waals surface area contributed by atoms with Crippen molar-refractivity contribution in [2.75, 3.05) is 5.32 Å². The summed E-state index contributed by atoms with van der Waals surface area (Å²) in [5.74, 6) is -0.0220. The molecule has 0 bridgehead atoms. The minimum atomic E-state index is -0.0220. The van der Waals surface area contributed by atoms with E-state index in [1.165, 1.54) is 18.5 Å². The predicted octanol–water partition coefficient (Wildman–Crippen LogP) is 3.69. The van der Waals surface area contributed by atoms with E-state index in [-0.39, 0.29) is 5.91 Å². The summed E-state index contributed by atoms with van der Waals surface area (Å²) in [5, 5.41) is 2.95. The van der Waals surface area contributed by atoms with Crippen molar-refractivity contribution < 1.29 is 4.79 Å². The SMILES string of the molecule is Cc1cc(C(=O)Nc2ccccc2)c(C)n1C1CC1. The van der Waals surface area contributed by atoms with Crippen molar-refractivity contribution in [3.63, 3.8) is 0 Å². The van der Waals surface area contributed by atoms with E-state index in [1.54, 1.807) is 0 Å². The molecule has 0 atom stereocenters. The molecule has 0 unspecified atom stereocenters. The highest BCUT2D eigenvalue weighted by Crippen LogP contribution is 2.38. The van der Waals surface area contributed by atoms with Gasteiger partial charge in [0.05, 0.1) is 5.56 Å². The van der Waals surface area contributed by atoms with Gasteiger partial charge in [-0.3, -0.25) is 4.79 Å². The molecule has 1 fully saturated rings. The Morgan fingerprint density at radius 2 is 1.89 bits per heavy atom. The molecule has 1 heterocycles. The second-order valence-electron chi connectivity index (χ2n) is 5.21. The molecule has 0 aliphatic heterocycles. The Morgan fingerprint density at radius 1 is 1.21 bits per heavy atom. The Balaban J connectivity index is 1.86. The summed E-state index contributed by atoms with van der Waals surface area (Å²) in [6.07, 6.45) is 2.46. The first-order chi connectivity index (χ1) is 9.16. The Labute approximate surface area is 113 Å². The normalized spacial score (nSPS) is 14.4. The van der Waals surface area contributed by atoms with Crippen LogP contribution in [0.15, 0.2) is 36.4 Å². The van der Waals surface area contributed by atoms with Gasteiger partial charge in [0.15, 0.2) is 0 Å². The predicted molar refractivity (Wildman–Crippen MR) is 76.6 cm³/mol. The Bertz CT molecular complexity index is 609. The van der Waals surface area contributed by atoms with Crippen LogP contribution in [0, 0.1) is 13.8 Å². The number of nitrogens with zero attached hydrogens (tertiary/aromatic N) is 1. The van der Waals surface area contributed by atoms with Gasteiger partial charge in [-0.2, -0.15) is 0 Å². The molecule has 1 N–H and O–H groups in total. The smallest absolute Gasteiger partial charge is 0.257 e. The molecule has 1 aromatic carbocycles. The van der Waals surface area contributed by atoms with Crippen molar-refractivity contribution >= 4 is 11.6 Å². The van der Waals surface area contributed by atoms with Crippen molar-refractivity contribution in [2.45, 2.75) is 32.7 Å². The van der Waals surface area contributed by atoms with Crippen LogP contribution in [-0.2, 0) is 0 Å². The van der Waals surface area contributed by atoms with Gasteiger partial charge >= 0.3 is 0 Å². The number of aryl methyl sites for hydroxylation is 1. The average molecular weight is 254 g/mol. The van der Waals surface area contributed by atoms with Crippen LogP contribution in [0.4, 0.5) is 5.69 Å². The Morgan fingerprint density at radius 3 is 2.53 bits per heavy atom. The number of benzene rings is 1. The molecule has 1 amide bonds. The maximum atomic E-state index is 12.3. The maximum absolute atomic E-state index is 12.3. The molecule has 3 rings (SSSR count). The van der Waals surface area contributed by atoms with Crippen molar-refractivity contribution in [1.29, 1.82) is 0 Å². The van der Waals surface area contributed by atoms with Gasteiger partial charge in [-0.15, -0.1) is 0 Å². The highest BCUT2D eigenvalue weighted by atomic mass is 16.1. The number of carbonyl (C=O) groups is 1. The van der Waals surface area contributed by atoms with E-state index >= 15 is 0 Å². The summed E-state index contributed by atoms with van der Waals surface area (Å²) in [5.41, 5.74) is 3.88. The Kier molecular flexibility index (Phi) is 2.90. The van der Waals surface area contributed by atoms with Gasteiger partial charge < -0.3 is 9.88 Å². The molecular weight excluding hydrogens is 236 g/mol. The first-order valence-electron chi connectivity index (χ1n) is 6.71. The van der Waals surface area contributed by atoms with E-state index in [2.05, 4.69) is 16.8 Å². The summed E-state index contributed by atoms with van der Waals surface area (Å²) in [6, 6.07) is 12.2. The van der Waals surface area contributed by atoms with Crippen LogP contribution in [-0.4, -0.2) is 10.5 Å². The molecule has 0 saturated heterocycles. The fourth-order valence-electron chi connectivity index (χ4n) is 2.62. The third kappa shape index (κ3) is 2.28. The third-order valence-corrected chi connectivity index (χ3v) is 3.67. The van der Waals surface area contributed by atoms with Gasteiger partial charge in [-0.1, -0.05) is 18.2 Å². The zero-order valence-corrected chi connectivity index (χ0v) is 11.3. The number of aromatic nitrogens is 1. The number of rotatable bonds is 3. The van der Waals surface area contributed by atoms with Gasteiger partial charge in [0.1, 0.15) is 0 Å². The fourth-order valence-corrected chi connectivity index (χ4v) is 2.62. The van der Waals surface area contributed by atoms with E-state index in [4.69, 9.17) is 0 Å². The number of hydrogen-bond donors (Lipinski definition) is 1. The topological polar surface area (TPSA) is 34.0 Å². The van der Waals surface area contributed by atoms with Crippen molar-refractivity contribution in [3.05, 3.63) is 53.3 Å². The second kappa shape index (κ2) is 4.57. The van der Waals surface area contributed by atoms with E-state index in [0.717, 1.165) is 16.9 Å². The molecule has 0 radical (unpaired) electrons. The first-order valence-corrected chi connectivity index (χ1v) is 6.71. The fraction of sp³-hybridized carbons (Fsp3) is 0.312. The van der Waals surface area contributed by atoms with Gasteiger partial charge in [-0.25, -0.2) is 0 Å². The summed E-state index contributed by atoms with van der Waals surface area (Å²) in [4.78, 5) is 12.3. The molecule has 1 aliphatic rings. The van der Waals surface area contributed by atoms with Gasteiger partial charge in [-0.05, 0) is 44.9 Å². The summed E-state index contributed by atoms with van der Waals surface area (Å²) >= 11 is 0. The van der Waals surface area contributed by atoms with E-state index in [9.17, 15) is 4.79 Å². The molecule has 3 heteroatoms. The zero-order valence-electron chi connectivity index (χ0n) is 11.3. The van der Waals surface area contributed by atoms with Crippen LogP contribution >= 0.6 is 0 Å². The summed E-state index contributed by atoms with van der Waals surface area (Å²) < 4.78 is 2.29. The molecule has 19 heavy (non-hydrogen) atoms. The molecule has 0 spiro atoms. The van der Waals surface area contributed by atoms with Crippen molar-refractivity contribution in [2.24, 2.45) is 0 Å². The van der Waals surface area contributed by atoms with Crippen LogP contribution in [0.1, 0.15) is 40.6 Å². The number of amides is 1. The lowest BCUT2D eigenvalue weighted by Gasteiger charge is -2.08. The molecule has 3 nitrogen and oxygen atoms in total. The molecule has 1 saturated carbocycles. The summed E-state index contributed by atoms with van der Waals surface area (Å²) in [7, 11) is 0. The lowest BCUT2D eigenvalue weighted by molar-refractivity contribution is 0.102. The van der Waals surface area contributed by atoms with Crippen LogP contribution in [0.2, 0.25) is 0 Å². The molecule has 98 valence electrons. The highest BCUT2D eigenvalue weighted by molar-refractivity contribution is 6.05. The molecule has 2 aromatic rings. The minimum absolute atomic E-state index is 0.0220. The van der Waals surface area contributed by atoms with Crippen molar-refractivity contribution in [3.8, 4) is 0 Å². The standard InChI is InChI=1S/C16H18N2O/c1-11-10-15(12(2)18(11)14-8-9-14)16(19)17-13-6-4-3-5-7-13/h3-7,10,14H,8-9H2,1-2H3,(H,17,19). The van der Waals surface area contributed by atoms with Crippen molar-refractivity contribution in [1.82, 2.24) is 4.57 Å². The number of anilines is 1. The molecular formula is C16H18N2O. The zero-order chi connectivity index (χ0) is 13.4. The van der Waals surface area contributed by atoms with Crippen LogP contribution < -0.4 is 5.32 Å². The second-order valence-corrected chi connectivity index (χ2v) is 5.21. The number of carbonyl (C=O) groups excluding carboxylic acids is 1. The lowest BCUT2D eigenvalue weighted by atomic mass is 10.2. The quantitative estimate of drug-likeness (QED) is 0.890.